The van der Waals surface area contributed by atoms with Crippen LogP contribution in [-0.4, -0.2) is 36.4 Å². The molecule has 5 nitrogen and oxygen atoms in total. The Balaban J connectivity index is 2.20. The minimum absolute atomic E-state index is 0.0926. The zero-order valence-electron chi connectivity index (χ0n) is 15.2. The molecule has 9 heteroatoms. The number of amides is 1. The lowest BCUT2D eigenvalue weighted by Crippen LogP contribution is -2.47. The largest absolute Gasteiger partial charge is 0.416 e. The highest BCUT2D eigenvalue weighted by Gasteiger charge is 2.33. The van der Waals surface area contributed by atoms with E-state index in [1.165, 1.54) is 0 Å². The predicted octanol–water partition coefficient (Wildman–Crippen LogP) is 2.90. The molecule has 3 N–H and O–H groups in total. The van der Waals surface area contributed by atoms with Gasteiger partial charge in [-0.25, -0.2) is 9.38 Å². The number of carbonyl (C=O) groups is 1. The number of hydrogen-bond donors (Lipinski definition) is 2. The number of nitrogens with two attached hydrogens (primary N) is 1. The van der Waals surface area contributed by atoms with Crippen LogP contribution in [0.25, 0.3) is 0 Å². The first-order valence-electron chi connectivity index (χ1n) is 8.88. The number of piperidine rings is 1. The van der Waals surface area contributed by atoms with Crippen LogP contribution in [0, 0.1) is 11.7 Å². The van der Waals surface area contributed by atoms with Crippen molar-refractivity contribution >= 4 is 11.9 Å². The first-order chi connectivity index (χ1) is 12.7. The molecule has 1 fully saturated rings. The van der Waals surface area contributed by atoms with Crippen LogP contribution in [0.5, 0.6) is 0 Å². The molecule has 150 valence electrons. The molecule has 1 aliphatic heterocycles. The first-order valence-corrected chi connectivity index (χ1v) is 8.88. The van der Waals surface area contributed by atoms with Gasteiger partial charge in [-0.15, -0.1) is 0 Å². The average Bonchev–Trinajstić information content (AvgIpc) is 2.58. The number of likely N-dealkylation sites (tertiary alicyclic amines) is 1. The van der Waals surface area contributed by atoms with Gasteiger partial charge in [0.2, 0.25) is 5.91 Å². The Morgan fingerprint density at radius 2 is 2.15 bits per heavy atom. The fourth-order valence-electron chi connectivity index (χ4n) is 3.24. The van der Waals surface area contributed by atoms with Crippen molar-refractivity contribution in [1.29, 1.82) is 0 Å². The van der Waals surface area contributed by atoms with Gasteiger partial charge < -0.3 is 16.0 Å². The van der Waals surface area contributed by atoms with Crippen LogP contribution in [0.4, 0.5) is 17.6 Å². The fraction of sp³-hybridized carbons (Fsp3) is 0.556. The Bertz CT molecular complexity index is 690. The van der Waals surface area contributed by atoms with Crippen molar-refractivity contribution < 1.29 is 22.4 Å². The molecule has 1 heterocycles. The molecule has 2 rings (SSSR count). The highest BCUT2D eigenvalue weighted by molar-refractivity contribution is 5.80. The first kappa shape index (κ1) is 21.0. The van der Waals surface area contributed by atoms with Crippen molar-refractivity contribution in [3.63, 3.8) is 0 Å². The van der Waals surface area contributed by atoms with Crippen molar-refractivity contribution in [3.8, 4) is 0 Å². The molecule has 0 aromatic heterocycles. The summed E-state index contributed by atoms with van der Waals surface area (Å²) in [5.74, 6) is -0.738. The molecular weight excluding hydrogens is 364 g/mol. The molecule has 1 amide bonds. The molecule has 1 aliphatic rings. The van der Waals surface area contributed by atoms with Crippen LogP contribution in [0.1, 0.15) is 37.3 Å². The third kappa shape index (κ3) is 6.11. The lowest BCUT2D eigenvalue weighted by atomic mass is 9.95. The van der Waals surface area contributed by atoms with Crippen LogP contribution in [0.3, 0.4) is 0 Å². The summed E-state index contributed by atoms with van der Waals surface area (Å²) in [4.78, 5) is 17.4. The second-order valence-electron chi connectivity index (χ2n) is 6.59. The van der Waals surface area contributed by atoms with Crippen LogP contribution in [-0.2, 0) is 17.5 Å². The summed E-state index contributed by atoms with van der Waals surface area (Å²) < 4.78 is 52.7. The number of benzene rings is 1. The molecule has 0 aliphatic carbocycles. The lowest BCUT2D eigenvalue weighted by Gasteiger charge is -2.34. The van der Waals surface area contributed by atoms with Gasteiger partial charge in [0.1, 0.15) is 5.82 Å². The lowest BCUT2D eigenvalue weighted by molar-refractivity contribution is -0.138. The third-order valence-electron chi connectivity index (χ3n) is 4.42. The molecule has 1 atom stereocenters. The Labute approximate surface area is 155 Å². The quantitative estimate of drug-likeness (QED) is 0.463. The maximum atomic E-state index is 13.2. The molecule has 1 unspecified atom stereocenters. The van der Waals surface area contributed by atoms with E-state index in [4.69, 9.17) is 5.73 Å². The number of carbonyl (C=O) groups excluding carboxylic acids is 1. The molecule has 1 aromatic carbocycles. The maximum Gasteiger partial charge on any atom is 0.416 e. The minimum Gasteiger partial charge on any atom is -0.370 e. The minimum atomic E-state index is -4.65. The number of rotatable bonds is 5. The zero-order valence-corrected chi connectivity index (χ0v) is 15.2. The summed E-state index contributed by atoms with van der Waals surface area (Å²) in [5.41, 5.74) is 4.15. The normalized spacial score (nSPS) is 18.5. The number of nitrogens with one attached hydrogen (secondary N) is 1. The zero-order chi connectivity index (χ0) is 20.0. The Hall–Kier alpha value is -2.32. The summed E-state index contributed by atoms with van der Waals surface area (Å²) in [6.45, 7) is 3.43. The van der Waals surface area contributed by atoms with E-state index < -0.39 is 17.6 Å². The van der Waals surface area contributed by atoms with E-state index in [9.17, 15) is 22.4 Å². The smallest absolute Gasteiger partial charge is 0.370 e. The van der Waals surface area contributed by atoms with Crippen molar-refractivity contribution in [3.05, 3.63) is 35.1 Å². The van der Waals surface area contributed by atoms with Gasteiger partial charge >= 0.3 is 6.18 Å². The number of aliphatic imine (C=N–C) groups is 1. The van der Waals surface area contributed by atoms with E-state index >= 15 is 0 Å². The number of primary amides is 1. The maximum absolute atomic E-state index is 13.2. The van der Waals surface area contributed by atoms with E-state index in [1.54, 1.807) is 0 Å². The van der Waals surface area contributed by atoms with Gasteiger partial charge in [-0.3, -0.25) is 4.79 Å². The average molecular weight is 388 g/mol. The van der Waals surface area contributed by atoms with Crippen LogP contribution in [0.2, 0.25) is 0 Å². The second kappa shape index (κ2) is 9.05. The van der Waals surface area contributed by atoms with Gasteiger partial charge in [-0.05, 0) is 43.4 Å². The molecule has 0 saturated carbocycles. The standard InChI is InChI=1S/C18H24F4N4O/c1-2-24-17(26-7-3-4-12(11-26)8-16(23)27)25-10-13-5-6-14(19)9-15(13)18(20,21)22/h5-6,9,12H,2-4,7-8,10-11H2,1H3,(H2,23,27)(H,24,25). The highest BCUT2D eigenvalue weighted by Crippen LogP contribution is 2.33. The number of alkyl halides is 3. The molecule has 1 saturated heterocycles. The van der Waals surface area contributed by atoms with E-state index in [1.807, 2.05) is 11.8 Å². The van der Waals surface area contributed by atoms with E-state index in [2.05, 4.69) is 10.3 Å². The summed E-state index contributed by atoms with van der Waals surface area (Å²) in [7, 11) is 0. The number of guanidine groups is 1. The van der Waals surface area contributed by atoms with Crippen LogP contribution < -0.4 is 11.1 Å². The van der Waals surface area contributed by atoms with E-state index in [-0.39, 0.29) is 30.4 Å². The van der Waals surface area contributed by atoms with Gasteiger partial charge in [0.25, 0.3) is 0 Å². The number of halogens is 4. The van der Waals surface area contributed by atoms with Gasteiger partial charge in [0.05, 0.1) is 12.1 Å². The summed E-state index contributed by atoms with van der Waals surface area (Å²) >= 11 is 0. The Kier molecular flexibility index (Phi) is 7.04. The second-order valence-corrected chi connectivity index (χ2v) is 6.59. The number of nitrogens with zero attached hydrogens (tertiary/aromatic N) is 2. The number of hydrogen-bond acceptors (Lipinski definition) is 2. The van der Waals surface area contributed by atoms with Crippen molar-refractivity contribution in [2.75, 3.05) is 19.6 Å². The summed E-state index contributed by atoms with van der Waals surface area (Å²) in [5, 5.41) is 3.07. The summed E-state index contributed by atoms with van der Waals surface area (Å²) in [6.07, 6.45) is -2.67. The highest BCUT2D eigenvalue weighted by atomic mass is 19.4. The third-order valence-corrected chi connectivity index (χ3v) is 4.42. The van der Waals surface area contributed by atoms with Crippen LogP contribution in [0.15, 0.2) is 23.2 Å². The molecule has 0 spiro atoms. The Morgan fingerprint density at radius 3 is 2.78 bits per heavy atom. The molecular formula is C18H24F4N4O. The fourth-order valence-corrected chi connectivity index (χ4v) is 3.24. The topological polar surface area (TPSA) is 70.7 Å². The van der Waals surface area contributed by atoms with Crippen LogP contribution >= 0.6 is 0 Å². The van der Waals surface area contributed by atoms with Gasteiger partial charge in [-0.2, -0.15) is 13.2 Å². The summed E-state index contributed by atoms with van der Waals surface area (Å²) in [6, 6.07) is 2.59. The van der Waals surface area contributed by atoms with Crippen molar-refractivity contribution in [1.82, 2.24) is 10.2 Å². The molecule has 0 radical (unpaired) electrons. The van der Waals surface area contributed by atoms with Gasteiger partial charge in [0.15, 0.2) is 5.96 Å². The van der Waals surface area contributed by atoms with Crippen molar-refractivity contribution in [2.24, 2.45) is 16.6 Å². The molecule has 27 heavy (non-hydrogen) atoms. The predicted molar refractivity (Wildman–Crippen MR) is 94.3 cm³/mol. The SMILES string of the molecule is CCNC(=NCc1ccc(F)cc1C(F)(F)F)N1CCCC(CC(N)=O)C1. The Morgan fingerprint density at radius 1 is 1.41 bits per heavy atom. The molecule has 0 bridgehead atoms. The monoisotopic (exact) mass is 388 g/mol. The molecule has 1 aromatic rings. The van der Waals surface area contributed by atoms with E-state index in [0.29, 0.717) is 31.7 Å². The van der Waals surface area contributed by atoms with Gasteiger partial charge in [0, 0.05) is 26.1 Å². The van der Waals surface area contributed by atoms with E-state index in [0.717, 1.165) is 25.0 Å². The van der Waals surface area contributed by atoms with Crippen molar-refractivity contribution in [2.45, 2.75) is 38.9 Å². The van der Waals surface area contributed by atoms with Gasteiger partial charge in [-0.1, -0.05) is 6.07 Å².